The van der Waals surface area contributed by atoms with E-state index < -0.39 is 18.0 Å². The van der Waals surface area contributed by atoms with Crippen molar-refractivity contribution < 1.29 is 14.3 Å². The van der Waals surface area contributed by atoms with Crippen LogP contribution in [0.1, 0.15) is 22.8 Å². The van der Waals surface area contributed by atoms with Crippen LogP contribution in [-0.4, -0.2) is 11.9 Å². The quantitative estimate of drug-likeness (QED) is 0.365. The van der Waals surface area contributed by atoms with E-state index >= 15 is 0 Å². The number of amides is 1. The van der Waals surface area contributed by atoms with Crippen LogP contribution in [0.25, 0.3) is 6.08 Å². The van der Waals surface area contributed by atoms with Gasteiger partial charge in [0, 0.05) is 27.4 Å². The van der Waals surface area contributed by atoms with E-state index in [1.165, 1.54) is 6.08 Å². The fourth-order valence-corrected chi connectivity index (χ4v) is 3.08. The van der Waals surface area contributed by atoms with Gasteiger partial charge in [0.2, 0.25) is 6.10 Å². The van der Waals surface area contributed by atoms with E-state index in [2.05, 4.69) is 5.32 Å². The lowest BCUT2D eigenvalue weighted by Crippen LogP contribution is -2.25. The van der Waals surface area contributed by atoms with Gasteiger partial charge in [-0.2, -0.15) is 0 Å². The Balaban J connectivity index is 1.78. The van der Waals surface area contributed by atoms with Crippen molar-refractivity contribution in [2.75, 3.05) is 5.32 Å². The van der Waals surface area contributed by atoms with Crippen LogP contribution in [0.5, 0.6) is 0 Å². The second kappa shape index (κ2) is 10.1. The molecule has 0 aliphatic heterocycles. The van der Waals surface area contributed by atoms with Gasteiger partial charge >= 0.3 is 5.97 Å². The van der Waals surface area contributed by atoms with Crippen molar-refractivity contribution in [3.63, 3.8) is 0 Å². The van der Waals surface area contributed by atoms with E-state index in [4.69, 9.17) is 27.9 Å². The highest BCUT2D eigenvalue weighted by Gasteiger charge is 2.24. The monoisotopic (exact) mass is 439 g/mol. The Morgan fingerprint density at radius 2 is 1.63 bits per heavy atom. The number of hydrogen-bond donors (Lipinski definition) is 1. The number of benzene rings is 3. The zero-order chi connectivity index (χ0) is 21.5. The molecule has 4 nitrogen and oxygen atoms in total. The van der Waals surface area contributed by atoms with Gasteiger partial charge in [-0.3, -0.25) is 4.79 Å². The van der Waals surface area contributed by atoms with Gasteiger partial charge in [0.1, 0.15) is 0 Å². The minimum absolute atomic E-state index is 0.486. The molecule has 152 valence electrons. The summed E-state index contributed by atoms with van der Waals surface area (Å²) >= 11 is 12.2. The normalized spacial score (nSPS) is 11.8. The average Bonchev–Trinajstić information content (AvgIpc) is 2.74. The number of esters is 1. The topological polar surface area (TPSA) is 55.4 Å². The van der Waals surface area contributed by atoms with Crippen LogP contribution >= 0.6 is 23.2 Å². The van der Waals surface area contributed by atoms with Gasteiger partial charge in [0.25, 0.3) is 5.91 Å². The third-order valence-electron chi connectivity index (χ3n) is 4.32. The van der Waals surface area contributed by atoms with Crippen molar-refractivity contribution in [2.45, 2.75) is 13.0 Å². The van der Waals surface area contributed by atoms with E-state index in [9.17, 15) is 9.59 Å². The van der Waals surface area contributed by atoms with Gasteiger partial charge in [0.15, 0.2) is 0 Å². The Bertz CT molecular complexity index is 1080. The third-order valence-corrected chi connectivity index (χ3v) is 5.07. The highest BCUT2D eigenvalue weighted by atomic mass is 35.5. The molecule has 1 unspecified atom stereocenters. The molecule has 0 heterocycles. The predicted octanol–water partition coefficient (Wildman–Crippen LogP) is 6.24. The Morgan fingerprint density at radius 1 is 0.933 bits per heavy atom. The molecule has 3 rings (SSSR count). The summed E-state index contributed by atoms with van der Waals surface area (Å²) < 4.78 is 5.47. The summed E-state index contributed by atoms with van der Waals surface area (Å²) in [6.07, 6.45) is 1.66. The Hall–Kier alpha value is -3.08. The van der Waals surface area contributed by atoms with Crippen LogP contribution in [0.4, 0.5) is 5.69 Å². The largest absolute Gasteiger partial charge is 0.444 e. The molecule has 0 aliphatic rings. The highest BCUT2D eigenvalue weighted by Crippen LogP contribution is 2.24. The van der Waals surface area contributed by atoms with Gasteiger partial charge in [-0.15, -0.1) is 0 Å². The van der Waals surface area contributed by atoms with Crippen molar-refractivity contribution in [3.8, 4) is 0 Å². The van der Waals surface area contributed by atoms with E-state index in [1.54, 1.807) is 66.7 Å². The fraction of sp³-hybridized carbons (Fsp3) is 0.0833. The van der Waals surface area contributed by atoms with Crippen LogP contribution in [0.15, 0.2) is 78.9 Å². The molecule has 3 aromatic rings. The van der Waals surface area contributed by atoms with Crippen LogP contribution < -0.4 is 5.32 Å². The zero-order valence-corrected chi connectivity index (χ0v) is 17.7. The van der Waals surface area contributed by atoms with Gasteiger partial charge in [-0.05, 0) is 42.3 Å². The maximum atomic E-state index is 12.9. The first-order chi connectivity index (χ1) is 14.4. The van der Waals surface area contributed by atoms with E-state index in [0.717, 1.165) is 5.56 Å². The van der Waals surface area contributed by atoms with E-state index in [1.807, 2.05) is 19.1 Å². The van der Waals surface area contributed by atoms with Gasteiger partial charge in [0.05, 0.1) is 0 Å². The molecule has 0 bridgehead atoms. The summed E-state index contributed by atoms with van der Waals surface area (Å²) in [5.41, 5.74) is 2.63. The minimum atomic E-state index is -1.13. The molecule has 3 aromatic carbocycles. The fourth-order valence-electron chi connectivity index (χ4n) is 2.70. The summed E-state index contributed by atoms with van der Waals surface area (Å²) in [4.78, 5) is 25.3. The number of ether oxygens (including phenoxy) is 1. The molecule has 1 amide bonds. The lowest BCUT2D eigenvalue weighted by atomic mass is 10.1. The molecular formula is C24H19Cl2NO3. The number of carbonyl (C=O) groups is 2. The van der Waals surface area contributed by atoms with Crippen molar-refractivity contribution in [1.82, 2.24) is 0 Å². The molecule has 0 saturated carbocycles. The zero-order valence-electron chi connectivity index (χ0n) is 16.1. The van der Waals surface area contributed by atoms with Crippen LogP contribution in [-0.2, 0) is 14.3 Å². The lowest BCUT2D eigenvalue weighted by Gasteiger charge is -2.17. The van der Waals surface area contributed by atoms with E-state index in [0.29, 0.717) is 26.9 Å². The van der Waals surface area contributed by atoms with Crippen molar-refractivity contribution >= 4 is 46.8 Å². The second-order valence-electron chi connectivity index (χ2n) is 6.54. The summed E-state index contributed by atoms with van der Waals surface area (Å²) in [5.74, 6) is -1.15. The molecule has 6 heteroatoms. The smallest absolute Gasteiger partial charge is 0.331 e. The summed E-state index contributed by atoms with van der Waals surface area (Å²) in [5, 5.41) is 3.79. The molecule has 0 radical (unpaired) electrons. The molecule has 1 atom stereocenters. The van der Waals surface area contributed by atoms with E-state index in [-0.39, 0.29) is 0 Å². The minimum Gasteiger partial charge on any atom is -0.444 e. The predicted molar refractivity (Wildman–Crippen MR) is 121 cm³/mol. The van der Waals surface area contributed by atoms with Crippen molar-refractivity contribution in [2.24, 2.45) is 0 Å². The SMILES string of the molecule is Cc1ccc(NC(=O)C(OC(=O)/C=C/c2ccccc2Cl)c2ccccc2)cc1Cl. The Kier molecular flexibility index (Phi) is 7.28. The van der Waals surface area contributed by atoms with Crippen LogP contribution in [0.2, 0.25) is 10.0 Å². The number of aryl methyl sites for hydroxylation is 1. The standard InChI is InChI=1S/C24H19Cl2NO3/c1-16-11-13-19(15-21(16)26)27-24(29)23(18-8-3-2-4-9-18)30-22(28)14-12-17-7-5-6-10-20(17)25/h2-15,23H,1H3,(H,27,29)/b14-12+. The van der Waals surface area contributed by atoms with Crippen LogP contribution in [0.3, 0.4) is 0 Å². The van der Waals surface area contributed by atoms with Gasteiger partial charge in [-0.25, -0.2) is 4.79 Å². The number of anilines is 1. The first-order valence-corrected chi connectivity index (χ1v) is 9.95. The number of halogens is 2. The van der Waals surface area contributed by atoms with Crippen LogP contribution in [0, 0.1) is 6.92 Å². The first-order valence-electron chi connectivity index (χ1n) is 9.19. The first kappa shape index (κ1) is 21.6. The lowest BCUT2D eigenvalue weighted by molar-refractivity contribution is -0.149. The number of nitrogens with one attached hydrogen (secondary N) is 1. The summed E-state index contributed by atoms with van der Waals surface area (Å²) in [6.45, 7) is 1.87. The average molecular weight is 440 g/mol. The number of carbonyl (C=O) groups excluding carboxylic acids is 2. The molecule has 0 saturated heterocycles. The van der Waals surface area contributed by atoms with Gasteiger partial charge in [-0.1, -0.05) is 77.8 Å². The summed E-state index contributed by atoms with van der Waals surface area (Å²) in [7, 11) is 0. The molecule has 1 N–H and O–H groups in total. The maximum Gasteiger partial charge on any atom is 0.331 e. The second-order valence-corrected chi connectivity index (χ2v) is 7.35. The molecule has 0 aliphatic carbocycles. The Morgan fingerprint density at radius 3 is 2.33 bits per heavy atom. The molecule has 0 spiro atoms. The highest BCUT2D eigenvalue weighted by molar-refractivity contribution is 6.32. The molecule has 30 heavy (non-hydrogen) atoms. The maximum absolute atomic E-state index is 12.9. The van der Waals surface area contributed by atoms with Gasteiger partial charge < -0.3 is 10.1 Å². The summed E-state index contributed by atoms with van der Waals surface area (Å²) in [6, 6.07) is 21.1. The Labute approximate surface area is 185 Å². The molecule has 0 fully saturated rings. The third kappa shape index (κ3) is 5.72. The van der Waals surface area contributed by atoms with Crippen molar-refractivity contribution in [1.29, 1.82) is 0 Å². The molecular weight excluding hydrogens is 421 g/mol. The number of rotatable bonds is 6. The van der Waals surface area contributed by atoms with Crippen molar-refractivity contribution in [3.05, 3.63) is 106 Å². The molecule has 0 aromatic heterocycles. The number of hydrogen-bond acceptors (Lipinski definition) is 3.